The summed E-state index contributed by atoms with van der Waals surface area (Å²) in [5.41, 5.74) is -1.20. The predicted molar refractivity (Wildman–Crippen MR) is 64.5 cm³/mol. The second kappa shape index (κ2) is 5.61. The summed E-state index contributed by atoms with van der Waals surface area (Å²) in [7, 11) is 0. The SMILES string of the molecule is CC(C)CC(=O)Nc1ccc(Cl)cc1C(F)(F)F. The molecule has 0 radical (unpaired) electrons. The van der Waals surface area contributed by atoms with E-state index in [4.69, 9.17) is 11.6 Å². The summed E-state index contributed by atoms with van der Waals surface area (Å²) in [5, 5.41) is 2.23. The number of carbonyl (C=O) groups is 1. The molecule has 1 amide bonds. The van der Waals surface area contributed by atoms with Crippen molar-refractivity contribution in [1.29, 1.82) is 0 Å². The van der Waals surface area contributed by atoms with Gasteiger partial charge in [-0.15, -0.1) is 0 Å². The van der Waals surface area contributed by atoms with Crippen LogP contribution in [0.2, 0.25) is 5.02 Å². The molecule has 0 aromatic heterocycles. The first-order valence-electron chi connectivity index (χ1n) is 5.36. The van der Waals surface area contributed by atoms with Crippen LogP contribution in [0.5, 0.6) is 0 Å². The smallest absolute Gasteiger partial charge is 0.325 e. The minimum Gasteiger partial charge on any atom is -0.325 e. The number of benzene rings is 1. The van der Waals surface area contributed by atoms with Crippen LogP contribution in [0.15, 0.2) is 18.2 Å². The van der Waals surface area contributed by atoms with Crippen LogP contribution in [0.1, 0.15) is 25.8 Å². The first-order valence-corrected chi connectivity index (χ1v) is 5.74. The number of alkyl halides is 3. The molecule has 1 aromatic carbocycles. The Morgan fingerprint density at radius 2 is 2.00 bits per heavy atom. The Balaban J connectivity index is 2.99. The second-order valence-corrected chi connectivity index (χ2v) is 4.77. The molecule has 0 heterocycles. The van der Waals surface area contributed by atoms with E-state index in [1.165, 1.54) is 6.07 Å². The molecule has 0 saturated heterocycles. The highest BCUT2D eigenvalue weighted by atomic mass is 35.5. The number of carbonyl (C=O) groups excluding carboxylic acids is 1. The first-order chi connectivity index (χ1) is 8.20. The maximum atomic E-state index is 12.7. The number of halogens is 4. The molecule has 0 atom stereocenters. The lowest BCUT2D eigenvalue weighted by molar-refractivity contribution is -0.137. The Bertz CT molecular complexity index is 443. The summed E-state index contributed by atoms with van der Waals surface area (Å²) in [6.45, 7) is 3.62. The molecule has 1 aromatic rings. The van der Waals surface area contributed by atoms with E-state index in [0.717, 1.165) is 12.1 Å². The number of rotatable bonds is 3. The van der Waals surface area contributed by atoms with Gasteiger partial charge in [-0.3, -0.25) is 4.79 Å². The van der Waals surface area contributed by atoms with Gasteiger partial charge in [-0.2, -0.15) is 13.2 Å². The van der Waals surface area contributed by atoms with E-state index in [0.29, 0.717) is 0 Å². The van der Waals surface area contributed by atoms with E-state index in [1.807, 2.05) is 13.8 Å². The molecule has 2 nitrogen and oxygen atoms in total. The van der Waals surface area contributed by atoms with Crippen LogP contribution in [0, 0.1) is 5.92 Å². The van der Waals surface area contributed by atoms with Gasteiger partial charge in [0.25, 0.3) is 0 Å². The summed E-state index contributed by atoms with van der Waals surface area (Å²) < 4.78 is 38.2. The molecule has 0 aliphatic carbocycles. The molecule has 6 heteroatoms. The predicted octanol–water partition coefficient (Wildman–Crippen LogP) is 4.34. The van der Waals surface area contributed by atoms with Gasteiger partial charge in [0.15, 0.2) is 0 Å². The third-order valence-corrected chi connectivity index (χ3v) is 2.39. The van der Waals surface area contributed by atoms with E-state index < -0.39 is 17.6 Å². The summed E-state index contributed by atoms with van der Waals surface area (Å²) in [4.78, 5) is 11.5. The molecular weight excluding hydrogens is 267 g/mol. The molecule has 0 aliphatic heterocycles. The number of amides is 1. The number of hydrogen-bond donors (Lipinski definition) is 1. The molecule has 100 valence electrons. The Morgan fingerprint density at radius 1 is 1.39 bits per heavy atom. The van der Waals surface area contributed by atoms with Crippen LogP contribution in [-0.4, -0.2) is 5.91 Å². The van der Waals surface area contributed by atoms with Gasteiger partial charge in [0, 0.05) is 11.4 Å². The van der Waals surface area contributed by atoms with Crippen molar-refractivity contribution in [1.82, 2.24) is 0 Å². The summed E-state index contributed by atoms with van der Waals surface area (Å²) >= 11 is 5.53. The van der Waals surface area contributed by atoms with E-state index in [2.05, 4.69) is 5.32 Å². The molecule has 0 unspecified atom stereocenters. The standard InChI is InChI=1S/C12H13ClF3NO/c1-7(2)5-11(18)17-10-4-3-8(13)6-9(10)12(14,15)16/h3-4,6-7H,5H2,1-2H3,(H,17,18). The first kappa shape index (κ1) is 14.8. The minimum absolute atomic E-state index is 0.0239. The van der Waals surface area contributed by atoms with Gasteiger partial charge < -0.3 is 5.32 Å². The van der Waals surface area contributed by atoms with Crippen LogP contribution in [0.25, 0.3) is 0 Å². The molecule has 18 heavy (non-hydrogen) atoms. The van der Waals surface area contributed by atoms with Crippen LogP contribution in [-0.2, 0) is 11.0 Å². The third-order valence-electron chi connectivity index (χ3n) is 2.15. The zero-order chi connectivity index (χ0) is 13.9. The highest BCUT2D eigenvalue weighted by Gasteiger charge is 2.34. The molecule has 0 saturated carbocycles. The fraction of sp³-hybridized carbons (Fsp3) is 0.417. The van der Waals surface area contributed by atoms with Crippen molar-refractivity contribution in [3.63, 3.8) is 0 Å². The molecule has 0 bridgehead atoms. The zero-order valence-electron chi connectivity index (χ0n) is 9.94. The van der Waals surface area contributed by atoms with E-state index in [9.17, 15) is 18.0 Å². The van der Waals surface area contributed by atoms with Crippen molar-refractivity contribution in [3.05, 3.63) is 28.8 Å². The van der Waals surface area contributed by atoms with E-state index in [1.54, 1.807) is 0 Å². The van der Waals surface area contributed by atoms with Crippen LogP contribution in [0.4, 0.5) is 18.9 Å². The van der Waals surface area contributed by atoms with Gasteiger partial charge >= 0.3 is 6.18 Å². The lowest BCUT2D eigenvalue weighted by Crippen LogP contribution is -2.17. The summed E-state index contributed by atoms with van der Waals surface area (Å²) in [6.07, 6.45) is -4.38. The highest BCUT2D eigenvalue weighted by Crippen LogP contribution is 2.36. The molecule has 1 rings (SSSR count). The van der Waals surface area contributed by atoms with Gasteiger partial charge in [-0.25, -0.2) is 0 Å². The Labute approximate surface area is 108 Å². The molecular formula is C12H13ClF3NO. The van der Waals surface area contributed by atoms with E-state index in [-0.39, 0.29) is 23.0 Å². The largest absolute Gasteiger partial charge is 0.418 e. The van der Waals surface area contributed by atoms with Crippen molar-refractivity contribution in [2.24, 2.45) is 5.92 Å². The third kappa shape index (κ3) is 4.22. The van der Waals surface area contributed by atoms with Crippen molar-refractivity contribution in [2.75, 3.05) is 5.32 Å². The van der Waals surface area contributed by atoms with Gasteiger partial charge in [0.2, 0.25) is 5.91 Å². The fourth-order valence-electron chi connectivity index (χ4n) is 1.43. The lowest BCUT2D eigenvalue weighted by atomic mass is 10.1. The number of nitrogens with one attached hydrogen (secondary N) is 1. The maximum absolute atomic E-state index is 12.7. The van der Waals surface area contributed by atoms with Crippen LogP contribution < -0.4 is 5.32 Å². The number of hydrogen-bond acceptors (Lipinski definition) is 1. The normalized spacial score (nSPS) is 11.7. The average molecular weight is 280 g/mol. The van der Waals surface area contributed by atoms with Crippen LogP contribution in [0.3, 0.4) is 0 Å². The molecule has 1 N–H and O–H groups in total. The number of anilines is 1. The lowest BCUT2D eigenvalue weighted by Gasteiger charge is -2.14. The highest BCUT2D eigenvalue weighted by molar-refractivity contribution is 6.30. The topological polar surface area (TPSA) is 29.1 Å². The summed E-state index contributed by atoms with van der Waals surface area (Å²) in [5.74, 6) is -0.371. The fourth-order valence-corrected chi connectivity index (χ4v) is 1.60. The molecule has 0 spiro atoms. The van der Waals surface area contributed by atoms with Crippen molar-refractivity contribution < 1.29 is 18.0 Å². The molecule has 0 aliphatic rings. The van der Waals surface area contributed by atoms with Crippen LogP contribution >= 0.6 is 11.6 Å². The van der Waals surface area contributed by atoms with Crippen molar-refractivity contribution in [2.45, 2.75) is 26.4 Å². The Kier molecular flexibility index (Phi) is 4.62. The second-order valence-electron chi connectivity index (χ2n) is 4.33. The van der Waals surface area contributed by atoms with Gasteiger partial charge in [-0.1, -0.05) is 25.4 Å². The minimum atomic E-state index is -4.55. The van der Waals surface area contributed by atoms with Gasteiger partial charge in [0.1, 0.15) is 0 Å². The Morgan fingerprint density at radius 3 is 2.50 bits per heavy atom. The Hall–Kier alpha value is -1.23. The monoisotopic (exact) mass is 279 g/mol. The van der Waals surface area contributed by atoms with Gasteiger partial charge in [-0.05, 0) is 24.1 Å². The quantitative estimate of drug-likeness (QED) is 0.876. The summed E-state index contributed by atoms with van der Waals surface area (Å²) in [6, 6.07) is 3.26. The van der Waals surface area contributed by atoms with E-state index >= 15 is 0 Å². The maximum Gasteiger partial charge on any atom is 0.418 e. The average Bonchev–Trinajstić information content (AvgIpc) is 2.17. The molecule has 0 fully saturated rings. The zero-order valence-corrected chi connectivity index (χ0v) is 10.7. The van der Waals surface area contributed by atoms with Gasteiger partial charge in [0.05, 0.1) is 11.3 Å². The van der Waals surface area contributed by atoms with Crippen molar-refractivity contribution in [3.8, 4) is 0 Å². The van der Waals surface area contributed by atoms with Crippen molar-refractivity contribution >= 4 is 23.2 Å².